The third-order valence-corrected chi connectivity index (χ3v) is 3.77. The number of rotatable bonds is 7. The van der Waals surface area contributed by atoms with E-state index in [9.17, 15) is 14.0 Å². The summed E-state index contributed by atoms with van der Waals surface area (Å²) < 4.78 is 12.7. The van der Waals surface area contributed by atoms with Crippen LogP contribution in [0, 0.1) is 5.82 Å². The van der Waals surface area contributed by atoms with Gasteiger partial charge in [0.15, 0.2) is 0 Å². The second-order valence-electron chi connectivity index (χ2n) is 4.60. The summed E-state index contributed by atoms with van der Waals surface area (Å²) in [6.45, 7) is 3.25. The average Bonchev–Trinajstić information content (AvgIpc) is 2.46. The summed E-state index contributed by atoms with van der Waals surface area (Å²) in [7, 11) is 0. The van der Waals surface area contributed by atoms with E-state index in [2.05, 4.69) is 10.6 Å². The Balaban J connectivity index is 2.35. The molecular weight excluding hydrogens is 295 g/mol. The molecule has 0 aliphatic rings. The standard InChI is InChI=1S/C14H19FN2O3S/c1-9(7-18)16-14(20)10(2)21-8-13(19)17-12-5-3-11(15)4-6-12/h3-6,9-10,18H,7-8H2,1-2H3,(H,16,20)(H,17,19). The summed E-state index contributed by atoms with van der Waals surface area (Å²) in [6, 6.07) is 5.15. The van der Waals surface area contributed by atoms with E-state index in [1.807, 2.05) is 0 Å². The van der Waals surface area contributed by atoms with Crippen LogP contribution in [0.5, 0.6) is 0 Å². The second kappa shape index (κ2) is 8.63. The van der Waals surface area contributed by atoms with Gasteiger partial charge in [0.25, 0.3) is 0 Å². The SMILES string of the molecule is CC(CO)NC(=O)C(C)SCC(=O)Nc1ccc(F)cc1. The molecule has 0 aromatic heterocycles. The maximum Gasteiger partial charge on any atom is 0.234 e. The molecule has 2 unspecified atom stereocenters. The Hall–Kier alpha value is -1.60. The maximum atomic E-state index is 12.7. The fourth-order valence-corrected chi connectivity index (χ4v) is 2.11. The summed E-state index contributed by atoms with van der Waals surface area (Å²) in [5, 5.41) is 13.7. The van der Waals surface area contributed by atoms with Crippen LogP contribution in [0.25, 0.3) is 0 Å². The average molecular weight is 314 g/mol. The van der Waals surface area contributed by atoms with E-state index in [0.717, 1.165) is 0 Å². The van der Waals surface area contributed by atoms with Crippen LogP contribution in [-0.4, -0.2) is 40.6 Å². The van der Waals surface area contributed by atoms with Crippen LogP contribution < -0.4 is 10.6 Å². The fourth-order valence-electron chi connectivity index (χ4n) is 1.41. The van der Waals surface area contributed by atoms with E-state index in [1.165, 1.54) is 36.0 Å². The van der Waals surface area contributed by atoms with E-state index in [-0.39, 0.29) is 36.0 Å². The molecule has 1 rings (SSSR count). The van der Waals surface area contributed by atoms with Gasteiger partial charge in [-0.3, -0.25) is 9.59 Å². The lowest BCUT2D eigenvalue weighted by Crippen LogP contribution is -2.39. The molecule has 7 heteroatoms. The van der Waals surface area contributed by atoms with Crippen molar-refractivity contribution in [1.29, 1.82) is 0 Å². The highest BCUT2D eigenvalue weighted by molar-refractivity contribution is 8.01. The van der Waals surface area contributed by atoms with Gasteiger partial charge in [0.2, 0.25) is 11.8 Å². The number of nitrogens with one attached hydrogen (secondary N) is 2. The van der Waals surface area contributed by atoms with Gasteiger partial charge in [0.05, 0.1) is 17.6 Å². The Bertz CT molecular complexity index is 482. The predicted octanol–water partition coefficient (Wildman–Crippen LogP) is 1.38. The van der Waals surface area contributed by atoms with Crippen molar-refractivity contribution >= 4 is 29.3 Å². The van der Waals surface area contributed by atoms with Crippen LogP contribution in [0.15, 0.2) is 24.3 Å². The summed E-state index contributed by atoms with van der Waals surface area (Å²) in [5.74, 6) is -0.748. The summed E-state index contributed by atoms with van der Waals surface area (Å²) in [5.41, 5.74) is 0.507. The van der Waals surface area contributed by atoms with Gasteiger partial charge >= 0.3 is 0 Å². The Kier molecular flexibility index (Phi) is 7.18. The lowest BCUT2D eigenvalue weighted by atomic mass is 10.3. The van der Waals surface area contributed by atoms with E-state index in [1.54, 1.807) is 13.8 Å². The van der Waals surface area contributed by atoms with Crippen LogP contribution in [0.1, 0.15) is 13.8 Å². The van der Waals surface area contributed by atoms with Crippen molar-refractivity contribution in [2.75, 3.05) is 17.7 Å². The first kappa shape index (κ1) is 17.5. The summed E-state index contributed by atoms with van der Waals surface area (Å²) >= 11 is 1.19. The van der Waals surface area contributed by atoms with Gasteiger partial charge in [-0.25, -0.2) is 4.39 Å². The monoisotopic (exact) mass is 314 g/mol. The lowest BCUT2D eigenvalue weighted by Gasteiger charge is -2.15. The van der Waals surface area contributed by atoms with Crippen LogP contribution in [0.2, 0.25) is 0 Å². The first-order chi connectivity index (χ1) is 9.92. The second-order valence-corrected chi connectivity index (χ2v) is 5.93. The van der Waals surface area contributed by atoms with Gasteiger partial charge in [0, 0.05) is 11.7 Å². The van der Waals surface area contributed by atoms with Gasteiger partial charge < -0.3 is 15.7 Å². The van der Waals surface area contributed by atoms with E-state index < -0.39 is 5.25 Å². The van der Waals surface area contributed by atoms with Crippen molar-refractivity contribution in [1.82, 2.24) is 5.32 Å². The van der Waals surface area contributed by atoms with Crippen molar-refractivity contribution < 1.29 is 19.1 Å². The van der Waals surface area contributed by atoms with Crippen LogP contribution in [0.3, 0.4) is 0 Å². The molecule has 2 amide bonds. The van der Waals surface area contributed by atoms with E-state index in [0.29, 0.717) is 5.69 Å². The normalized spacial score (nSPS) is 13.3. The minimum absolute atomic E-state index is 0.111. The zero-order valence-electron chi connectivity index (χ0n) is 11.9. The molecule has 0 aliphatic carbocycles. The Labute approximate surface area is 127 Å². The Morgan fingerprint density at radius 1 is 1.29 bits per heavy atom. The number of amides is 2. The topological polar surface area (TPSA) is 78.4 Å². The van der Waals surface area contributed by atoms with Crippen molar-refractivity contribution in [3.05, 3.63) is 30.1 Å². The zero-order chi connectivity index (χ0) is 15.8. The molecule has 0 heterocycles. The molecule has 0 spiro atoms. The number of halogens is 1. The number of thioether (sulfide) groups is 1. The predicted molar refractivity (Wildman–Crippen MR) is 81.6 cm³/mol. The van der Waals surface area contributed by atoms with Crippen LogP contribution in [0.4, 0.5) is 10.1 Å². The Morgan fingerprint density at radius 3 is 2.48 bits per heavy atom. The van der Waals surface area contributed by atoms with Gasteiger partial charge in [-0.15, -0.1) is 11.8 Å². The lowest BCUT2D eigenvalue weighted by molar-refractivity contribution is -0.121. The molecule has 5 nitrogen and oxygen atoms in total. The summed E-state index contributed by atoms with van der Waals surface area (Å²) in [4.78, 5) is 23.4. The van der Waals surface area contributed by atoms with Crippen LogP contribution >= 0.6 is 11.8 Å². The molecule has 0 fully saturated rings. The van der Waals surface area contributed by atoms with Crippen LogP contribution in [-0.2, 0) is 9.59 Å². The van der Waals surface area contributed by atoms with Crippen molar-refractivity contribution in [2.45, 2.75) is 25.1 Å². The number of hydrogen-bond donors (Lipinski definition) is 3. The smallest absolute Gasteiger partial charge is 0.234 e. The first-order valence-corrected chi connectivity index (χ1v) is 7.55. The molecule has 0 bridgehead atoms. The molecule has 21 heavy (non-hydrogen) atoms. The largest absolute Gasteiger partial charge is 0.394 e. The molecule has 3 N–H and O–H groups in total. The minimum Gasteiger partial charge on any atom is -0.394 e. The van der Waals surface area contributed by atoms with Crippen molar-refractivity contribution in [2.24, 2.45) is 0 Å². The molecule has 0 aliphatic heterocycles. The highest BCUT2D eigenvalue weighted by Gasteiger charge is 2.16. The molecule has 2 atom stereocenters. The van der Waals surface area contributed by atoms with Gasteiger partial charge in [0.1, 0.15) is 5.82 Å². The van der Waals surface area contributed by atoms with Gasteiger partial charge in [-0.2, -0.15) is 0 Å². The Morgan fingerprint density at radius 2 is 1.90 bits per heavy atom. The molecular formula is C14H19FN2O3S. The molecule has 0 saturated carbocycles. The van der Waals surface area contributed by atoms with Gasteiger partial charge in [-0.05, 0) is 38.1 Å². The van der Waals surface area contributed by atoms with E-state index >= 15 is 0 Å². The minimum atomic E-state index is -0.405. The fraction of sp³-hybridized carbons (Fsp3) is 0.429. The number of aliphatic hydroxyl groups excluding tert-OH is 1. The number of anilines is 1. The van der Waals surface area contributed by atoms with E-state index in [4.69, 9.17) is 5.11 Å². The number of hydrogen-bond acceptors (Lipinski definition) is 4. The van der Waals surface area contributed by atoms with Crippen molar-refractivity contribution in [3.8, 4) is 0 Å². The molecule has 0 saturated heterocycles. The molecule has 0 radical (unpaired) electrons. The molecule has 116 valence electrons. The number of benzene rings is 1. The highest BCUT2D eigenvalue weighted by atomic mass is 32.2. The number of aliphatic hydroxyl groups is 1. The quantitative estimate of drug-likeness (QED) is 0.710. The maximum absolute atomic E-state index is 12.7. The molecule has 1 aromatic carbocycles. The molecule has 1 aromatic rings. The third-order valence-electron chi connectivity index (χ3n) is 2.62. The number of carbonyl (C=O) groups excluding carboxylic acids is 2. The van der Waals surface area contributed by atoms with Gasteiger partial charge in [-0.1, -0.05) is 0 Å². The first-order valence-electron chi connectivity index (χ1n) is 6.50. The third kappa shape index (κ3) is 6.59. The summed E-state index contributed by atoms with van der Waals surface area (Å²) in [6.07, 6.45) is 0. The zero-order valence-corrected chi connectivity index (χ0v) is 12.7. The number of carbonyl (C=O) groups is 2. The highest BCUT2D eigenvalue weighted by Crippen LogP contribution is 2.13. The van der Waals surface area contributed by atoms with Crippen molar-refractivity contribution in [3.63, 3.8) is 0 Å².